The average Bonchev–Trinajstić information content (AvgIpc) is 3.07. The van der Waals surface area contributed by atoms with Gasteiger partial charge in [-0.05, 0) is 41.3 Å². The molecular weight excluding hydrogens is 316 g/mol. The first-order valence-electron chi connectivity index (χ1n) is 8.57. The van der Waals surface area contributed by atoms with E-state index >= 15 is 0 Å². The van der Waals surface area contributed by atoms with Crippen molar-refractivity contribution >= 4 is 17.5 Å². The predicted octanol–water partition coefficient (Wildman–Crippen LogP) is 2.41. The number of piperidine rings is 1. The predicted molar refractivity (Wildman–Crippen MR) is 94.1 cm³/mol. The summed E-state index contributed by atoms with van der Waals surface area (Å²) < 4.78 is 1.72. The first kappa shape index (κ1) is 14.3. The van der Waals surface area contributed by atoms with Crippen molar-refractivity contribution in [2.24, 2.45) is 5.92 Å². The molecule has 25 heavy (non-hydrogen) atoms. The van der Waals surface area contributed by atoms with Gasteiger partial charge >= 0.3 is 0 Å². The average molecular weight is 334 g/mol. The summed E-state index contributed by atoms with van der Waals surface area (Å²) in [4.78, 5) is 11.7. The molecule has 4 heterocycles. The Morgan fingerprint density at radius 2 is 2.16 bits per heavy atom. The Kier molecular flexibility index (Phi) is 3.16. The summed E-state index contributed by atoms with van der Waals surface area (Å²) in [7, 11) is 0. The molecule has 2 aliphatic rings. The van der Waals surface area contributed by atoms with Crippen LogP contribution in [0.25, 0.3) is 17.1 Å². The van der Waals surface area contributed by atoms with Gasteiger partial charge < -0.3 is 10.2 Å². The summed E-state index contributed by atoms with van der Waals surface area (Å²) in [5.41, 5.74) is 2.62. The van der Waals surface area contributed by atoms with E-state index in [0.717, 1.165) is 41.8 Å². The number of hydrogen-bond acceptors (Lipinski definition) is 7. The Bertz CT molecular complexity index is 934. The second kappa shape index (κ2) is 5.51. The second-order valence-corrected chi connectivity index (χ2v) is 6.68. The normalized spacial score (nSPS) is 18.6. The molecule has 2 aliphatic heterocycles. The number of anilines is 3. The van der Waals surface area contributed by atoms with Crippen LogP contribution in [0.3, 0.4) is 0 Å². The minimum absolute atomic E-state index is 0.644. The van der Waals surface area contributed by atoms with E-state index in [1.54, 1.807) is 4.68 Å². The van der Waals surface area contributed by atoms with Gasteiger partial charge in [0.2, 0.25) is 5.95 Å². The van der Waals surface area contributed by atoms with E-state index < -0.39 is 0 Å². The number of rotatable bonds is 1. The molecule has 0 spiro atoms. The summed E-state index contributed by atoms with van der Waals surface area (Å²) >= 11 is 0. The quantitative estimate of drug-likeness (QED) is 0.572. The van der Waals surface area contributed by atoms with Gasteiger partial charge in [0.1, 0.15) is 5.82 Å². The Hall–Kier alpha value is -3.03. The number of hydrogen-bond donors (Lipinski definition) is 1. The summed E-state index contributed by atoms with van der Waals surface area (Å²) in [6, 6.07) is 7.93. The van der Waals surface area contributed by atoms with E-state index in [1.165, 1.54) is 12.8 Å². The molecule has 1 N–H and O–H groups in total. The molecule has 2 aromatic heterocycles. The summed E-state index contributed by atoms with van der Waals surface area (Å²) in [6.07, 6.45) is 4.26. The fourth-order valence-electron chi connectivity index (χ4n) is 3.56. The third-order valence-corrected chi connectivity index (χ3v) is 4.81. The van der Waals surface area contributed by atoms with Crippen molar-refractivity contribution in [2.45, 2.75) is 19.8 Å². The van der Waals surface area contributed by atoms with Crippen molar-refractivity contribution in [3.05, 3.63) is 30.5 Å². The zero-order valence-electron chi connectivity index (χ0n) is 13.9. The number of benzene rings is 1. The van der Waals surface area contributed by atoms with Crippen molar-refractivity contribution in [3.8, 4) is 17.1 Å². The zero-order chi connectivity index (χ0) is 16.8. The molecule has 1 saturated heterocycles. The Balaban J connectivity index is 1.63. The molecule has 1 aromatic carbocycles. The highest BCUT2D eigenvalue weighted by molar-refractivity contribution is 5.81. The molecule has 8 nitrogen and oxygen atoms in total. The number of nitrogens with zero attached hydrogens (tertiary/aromatic N) is 7. The molecule has 0 bridgehead atoms. The highest BCUT2D eigenvalue weighted by Crippen LogP contribution is 2.35. The number of aromatic nitrogens is 6. The molecule has 1 fully saturated rings. The molecule has 8 heteroatoms. The second-order valence-electron chi connectivity index (χ2n) is 6.68. The van der Waals surface area contributed by atoms with Crippen LogP contribution >= 0.6 is 0 Å². The highest BCUT2D eigenvalue weighted by Gasteiger charge is 2.25. The van der Waals surface area contributed by atoms with E-state index in [4.69, 9.17) is 4.98 Å². The summed E-state index contributed by atoms with van der Waals surface area (Å²) in [5.74, 6) is 2.81. The highest BCUT2D eigenvalue weighted by atomic mass is 15.5. The fraction of sp³-hybridized carbons (Fsp3) is 0.353. The number of para-hydroxylation sites is 2. The first-order chi connectivity index (χ1) is 12.3. The third-order valence-electron chi connectivity index (χ3n) is 4.81. The van der Waals surface area contributed by atoms with Crippen molar-refractivity contribution in [1.29, 1.82) is 0 Å². The smallest absolute Gasteiger partial charge is 0.227 e. The van der Waals surface area contributed by atoms with Crippen LogP contribution in [0.15, 0.2) is 30.5 Å². The summed E-state index contributed by atoms with van der Waals surface area (Å²) in [5, 5.41) is 15.6. The van der Waals surface area contributed by atoms with Gasteiger partial charge in [0.25, 0.3) is 0 Å². The summed E-state index contributed by atoms with van der Waals surface area (Å²) in [6.45, 7) is 4.27. The molecule has 5 rings (SSSR count). The van der Waals surface area contributed by atoms with Crippen LogP contribution in [0, 0.1) is 5.92 Å². The number of tetrazole rings is 1. The lowest BCUT2D eigenvalue weighted by Crippen LogP contribution is -2.35. The van der Waals surface area contributed by atoms with Gasteiger partial charge in [-0.25, -0.2) is 4.98 Å². The largest absolute Gasteiger partial charge is 0.341 e. The van der Waals surface area contributed by atoms with Gasteiger partial charge in [0.15, 0.2) is 5.82 Å². The van der Waals surface area contributed by atoms with E-state index in [2.05, 4.69) is 37.6 Å². The van der Waals surface area contributed by atoms with Crippen molar-refractivity contribution < 1.29 is 0 Å². The number of fused-ring (bicyclic) bond motifs is 5. The van der Waals surface area contributed by atoms with Gasteiger partial charge in [0, 0.05) is 19.3 Å². The van der Waals surface area contributed by atoms with Crippen molar-refractivity contribution in [1.82, 2.24) is 30.2 Å². The molecule has 126 valence electrons. The Labute approximate surface area is 144 Å². The van der Waals surface area contributed by atoms with E-state index in [0.29, 0.717) is 11.7 Å². The maximum Gasteiger partial charge on any atom is 0.227 e. The van der Waals surface area contributed by atoms with Crippen molar-refractivity contribution in [3.63, 3.8) is 0 Å². The fourth-order valence-corrected chi connectivity index (χ4v) is 3.56. The van der Waals surface area contributed by atoms with Crippen LogP contribution in [0.5, 0.6) is 0 Å². The van der Waals surface area contributed by atoms with Crippen LogP contribution in [0.1, 0.15) is 19.8 Å². The van der Waals surface area contributed by atoms with Gasteiger partial charge in [0.05, 0.1) is 16.9 Å². The van der Waals surface area contributed by atoms with Gasteiger partial charge in [-0.2, -0.15) is 9.67 Å². The topological polar surface area (TPSA) is 84.7 Å². The minimum atomic E-state index is 0.644. The molecule has 3 aromatic rings. The van der Waals surface area contributed by atoms with Crippen LogP contribution < -0.4 is 10.2 Å². The van der Waals surface area contributed by atoms with Gasteiger partial charge in [-0.3, -0.25) is 0 Å². The number of nitrogens with one attached hydrogen (secondary N) is 1. The minimum Gasteiger partial charge on any atom is -0.341 e. The molecule has 1 unspecified atom stereocenters. The van der Waals surface area contributed by atoms with Gasteiger partial charge in [-0.15, -0.1) is 5.10 Å². The monoisotopic (exact) mass is 334 g/mol. The SMILES string of the molecule is CC1CCCN(c2ncc3c(n2)Nc2ccccc2-n2nnnc2-3)C1. The lowest BCUT2D eigenvalue weighted by Gasteiger charge is -2.31. The third kappa shape index (κ3) is 2.33. The Morgan fingerprint density at radius 1 is 1.24 bits per heavy atom. The molecule has 0 radical (unpaired) electrons. The maximum atomic E-state index is 4.80. The van der Waals surface area contributed by atoms with E-state index in [-0.39, 0.29) is 0 Å². The molecular formula is C17H18N8. The maximum absolute atomic E-state index is 4.80. The van der Waals surface area contributed by atoms with Crippen LogP contribution in [-0.2, 0) is 0 Å². The van der Waals surface area contributed by atoms with Crippen LogP contribution in [0.2, 0.25) is 0 Å². The van der Waals surface area contributed by atoms with Crippen LogP contribution in [-0.4, -0.2) is 43.3 Å². The lowest BCUT2D eigenvalue weighted by molar-refractivity contribution is 0.442. The first-order valence-corrected chi connectivity index (χ1v) is 8.57. The zero-order valence-corrected chi connectivity index (χ0v) is 13.9. The molecule has 0 saturated carbocycles. The van der Waals surface area contributed by atoms with E-state index in [1.807, 2.05) is 30.5 Å². The van der Waals surface area contributed by atoms with Gasteiger partial charge in [-0.1, -0.05) is 19.1 Å². The van der Waals surface area contributed by atoms with Crippen molar-refractivity contribution in [2.75, 3.05) is 23.3 Å². The molecule has 0 aliphatic carbocycles. The lowest BCUT2D eigenvalue weighted by atomic mass is 10.0. The van der Waals surface area contributed by atoms with Crippen LogP contribution in [0.4, 0.5) is 17.5 Å². The standard InChI is InChI=1S/C17H18N8/c1-11-5-4-8-24(10-11)17-18-9-12-15(20-17)19-13-6-2-3-7-14(13)25-16(12)21-22-23-25/h2-3,6-7,9,11H,4-5,8,10H2,1H3,(H,18,19,20). The Morgan fingerprint density at radius 3 is 3.08 bits per heavy atom. The molecule has 1 atom stereocenters. The van der Waals surface area contributed by atoms with E-state index in [9.17, 15) is 0 Å². The molecule has 0 amide bonds.